The van der Waals surface area contributed by atoms with E-state index in [-0.39, 0.29) is 84.0 Å². The molecule has 0 amide bonds. The zero-order chi connectivity index (χ0) is 26.9. The van der Waals surface area contributed by atoms with Crippen LogP contribution >= 0.6 is 0 Å². The van der Waals surface area contributed by atoms with Crippen molar-refractivity contribution in [2.45, 2.75) is 20.8 Å². The molecule has 7 heteroatoms. The number of carbonyl (C=O) groups is 3. The third-order valence-electron chi connectivity index (χ3n) is 4.23. The summed E-state index contributed by atoms with van der Waals surface area (Å²) in [7, 11) is 0. The molecule has 0 aliphatic carbocycles. The third-order valence-corrected chi connectivity index (χ3v) is 4.23. The Morgan fingerprint density at radius 3 is 0.811 bits per heavy atom. The number of hydrogen-bond acceptors (Lipinski definition) is 6. The molecule has 0 heterocycles. The zero-order valence-corrected chi connectivity index (χ0v) is 23.3. The van der Waals surface area contributed by atoms with Crippen molar-refractivity contribution >= 4 is 34.6 Å². The molecule has 3 aromatic carbocycles. The molecule has 0 unspecified atom stereocenters. The van der Waals surface area contributed by atoms with Gasteiger partial charge in [0.15, 0.2) is 17.3 Å². The number of aliphatic hydroxyl groups is 3. The van der Waals surface area contributed by atoms with Gasteiger partial charge in [-0.2, -0.15) is 0 Å². The van der Waals surface area contributed by atoms with Crippen LogP contribution in [-0.4, -0.2) is 32.7 Å². The van der Waals surface area contributed by atoms with Crippen molar-refractivity contribution in [3.8, 4) is 0 Å². The summed E-state index contributed by atoms with van der Waals surface area (Å²) in [6, 6.07) is 26.9. The van der Waals surface area contributed by atoms with Crippen LogP contribution in [0.15, 0.2) is 109 Å². The Labute approximate surface area is 258 Å². The quantitative estimate of drug-likeness (QED) is 0.209. The predicted molar refractivity (Wildman–Crippen MR) is 143 cm³/mol. The number of allylic oxidation sites excluding steroid dienone is 3. The van der Waals surface area contributed by atoms with E-state index in [2.05, 4.69) is 0 Å². The molecule has 0 spiro atoms. The second-order valence-corrected chi connectivity index (χ2v) is 7.52. The summed E-state index contributed by atoms with van der Waals surface area (Å²) in [5, 5.41) is 28.0. The van der Waals surface area contributed by atoms with Crippen molar-refractivity contribution < 1.29 is 79.1 Å². The van der Waals surface area contributed by atoms with Crippen molar-refractivity contribution in [3.63, 3.8) is 0 Å². The van der Waals surface area contributed by atoms with Crippen LogP contribution in [-0.2, 0) is 14.4 Å². The molecule has 0 aliphatic rings. The summed E-state index contributed by atoms with van der Waals surface area (Å²) in [5.41, 5.74) is 1.98. The van der Waals surface area contributed by atoms with E-state index in [1.807, 2.05) is 18.2 Å². The first-order chi connectivity index (χ1) is 17.1. The van der Waals surface area contributed by atoms with Gasteiger partial charge in [-0.25, -0.2) is 0 Å². The molecule has 0 saturated heterocycles. The Morgan fingerprint density at radius 1 is 0.459 bits per heavy atom. The van der Waals surface area contributed by atoms with Gasteiger partial charge in [0, 0.05) is 84.3 Å². The fraction of sp³-hybridized carbons (Fsp3) is 0.100. The van der Waals surface area contributed by atoms with Gasteiger partial charge in [0.05, 0.1) is 0 Å². The summed E-state index contributed by atoms with van der Waals surface area (Å²) in [4.78, 5) is 31.8. The van der Waals surface area contributed by atoms with Crippen molar-refractivity contribution in [3.05, 3.63) is 126 Å². The molecule has 0 fully saturated rings. The minimum absolute atomic E-state index is 0. The van der Waals surface area contributed by atoms with Crippen LogP contribution in [0.1, 0.15) is 37.5 Å². The molecule has 0 saturated carbocycles. The molecule has 3 N–H and O–H groups in total. The molecule has 193 valence electrons. The smallest absolute Gasteiger partial charge is 0.156 e. The molecular formula is C30H30EuO6. The van der Waals surface area contributed by atoms with Crippen LogP contribution in [0.3, 0.4) is 0 Å². The Bertz CT molecular complexity index is 1060. The minimum Gasteiger partial charge on any atom is -0.507 e. The van der Waals surface area contributed by atoms with Crippen LogP contribution in [0.5, 0.6) is 0 Å². The van der Waals surface area contributed by atoms with Crippen molar-refractivity contribution in [2.75, 3.05) is 0 Å². The molecule has 0 atom stereocenters. The third kappa shape index (κ3) is 15.6. The molecule has 3 rings (SSSR count). The number of hydrogen-bond donors (Lipinski definition) is 3. The van der Waals surface area contributed by atoms with Crippen LogP contribution in [0.25, 0.3) is 17.3 Å². The topological polar surface area (TPSA) is 112 Å². The van der Waals surface area contributed by atoms with Crippen molar-refractivity contribution in [2.24, 2.45) is 0 Å². The van der Waals surface area contributed by atoms with Gasteiger partial charge in [0.1, 0.15) is 17.3 Å². The van der Waals surface area contributed by atoms with Gasteiger partial charge >= 0.3 is 0 Å². The van der Waals surface area contributed by atoms with E-state index < -0.39 is 0 Å². The number of ketones is 3. The first-order valence-electron chi connectivity index (χ1n) is 11.0. The molecule has 6 nitrogen and oxygen atoms in total. The SMILES string of the molecule is CC(=O)/C=C(\O)c1ccccc1.CC(=O)/C=C(\O)c1ccccc1.CC(=O)/C=C(\O)c1ccccc1.[Eu]. The van der Waals surface area contributed by atoms with E-state index in [4.69, 9.17) is 0 Å². The van der Waals surface area contributed by atoms with Gasteiger partial charge in [0.25, 0.3) is 0 Å². The fourth-order valence-electron chi connectivity index (χ4n) is 2.65. The van der Waals surface area contributed by atoms with Crippen molar-refractivity contribution in [1.29, 1.82) is 0 Å². The molecule has 37 heavy (non-hydrogen) atoms. The van der Waals surface area contributed by atoms with E-state index in [1.165, 1.54) is 39.0 Å². The van der Waals surface area contributed by atoms with Gasteiger partial charge in [-0.05, 0) is 20.8 Å². The maximum Gasteiger partial charge on any atom is 0.156 e. The molecular weight excluding hydrogens is 608 g/mol. The summed E-state index contributed by atoms with van der Waals surface area (Å²) >= 11 is 0. The Kier molecular flexibility index (Phi) is 17.4. The summed E-state index contributed by atoms with van der Waals surface area (Å²) in [6.07, 6.45) is 3.61. The van der Waals surface area contributed by atoms with E-state index in [0.29, 0.717) is 16.7 Å². The van der Waals surface area contributed by atoms with E-state index in [0.717, 1.165) is 0 Å². The maximum atomic E-state index is 10.6. The van der Waals surface area contributed by atoms with E-state index >= 15 is 0 Å². The Hall–Kier alpha value is -3.13. The Balaban J connectivity index is 0.000000518. The number of rotatable bonds is 6. The first kappa shape index (κ1) is 33.9. The molecule has 0 aliphatic heterocycles. The predicted octanol–water partition coefficient (Wildman–Crippen LogP) is 6.52. The molecule has 3 aromatic rings. The van der Waals surface area contributed by atoms with Gasteiger partial charge in [0.2, 0.25) is 0 Å². The molecule has 0 aromatic heterocycles. The monoisotopic (exact) mass is 639 g/mol. The standard InChI is InChI=1S/3C10H10O2.Eu/c3*1-8(11)7-10(12)9-5-3-2-4-6-9;/h3*2-7,12H,1H3;/b3*10-7-;. The van der Waals surface area contributed by atoms with Gasteiger partial charge in [-0.1, -0.05) is 91.0 Å². The number of benzene rings is 3. The summed E-state index contributed by atoms with van der Waals surface area (Å²) in [5.74, 6) is -0.418. The average Bonchev–Trinajstić information content (AvgIpc) is 2.85. The van der Waals surface area contributed by atoms with Crippen LogP contribution in [0, 0.1) is 49.4 Å². The second-order valence-electron chi connectivity index (χ2n) is 7.52. The van der Waals surface area contributed by atoms with E-state index in [9.17, 15) is 29.7 Å². The zero-order valence-electron chi connectivity index (χ0n) is 20.8. The van der Waals surface area contributed by atoms with Crippen LogP contribution < -0.4 is 0 Å². The average molecular weight is 639 g/mol. The number of carbonyl (C=O) groups excluding carboxylic acids is 3. The first-order valence-corrected chi connectivity index (χ1v) is 11.0. The minimum atomic E-state index is -0.156. The van der Waals surface area contributed by atoms with Gasteiger partial charge in [-0.15, -0.1) is 0 Å². The van der Waals surface area contributed by atoms with Crippen LogP contribution in [0.4, 0.5) is 0 Å². The van der Waals surface area contributed by atoms with Gasteiger partial charge in [-0.3, -0.25) is 14.4 Å². The second kappa shape index (κ2) is 19.0. The number of aliphatic hydroxyl groups excluding tert-OH is 3. The largest absolute Gasteiger partial charge is 0.507 e. The molecule has 1 radical (unpaired) electrons. The summed E-state index contributed by atoms with van der Waals surface area (Å²) < 4.78 is 0. The summed E-state index contributed by atoms with van der Waals surface area (Å²) in [6.45, 7) is 4.21. The fourth-order valence-corrected chi connectivity index (χ4v) is 2.65. The normalized spacial score (nSPS) is 10.9. The van der Waals surface area contributed by atoms with Gasteiger partial charge < -0.3 is 15.3 Å². The Morgan fingerprint density at radius 2 is 0.649 bits per heavy atom. The van der Waals surface area contributed by atoms with Crippen molar-refractivity contribution in [1.82, 2.24) is 0 Å². The van der Waals surface area contributed by atoms with E-state index in [1.54, 1.807) is 72.8 Å². The van der Waals surface area contributed by atoms with Crippen LogP contribution in [0.2, 0.25) is 0 Å². The molecule has 0 bridgehead atoms. The maximum absolute atomic E-state index is 10.6.